The van der Waals surface area contributed by atoms with Gasteiger partial charge < -0.3 is 18.2 Å². The van der Waals surface area contributed by atoms with Crippen LogP contribution in [-0.2, 0) is 16.2 Å². The number of rotatable bonds is 3. The molecule has 0 fully saturated rings. The van der Waals surface area contributed by atoms with Crippen molar-refractivity contribution >= 4 is 115 Å². The SMILES string of the molecule is CC(C)(C)c1ccc(N2B3c4cc5oc(-c6ccccc6)c(-c6ccccc6)c5cc4-n4c5ccc(C(C)(C)C)cc5c5c6sc7ccccc7c6c(c3c54)-c3cc4c(cc32)oc2cc(C(C)(C)C)ccc24)cc1. The highest BCUT2D eigenvalue weighted by Crippen LogP contribution is 2.55. The van der Waals surface area contributed by atoms with Crippen LogP contribution in [0.3, 0.4) is 0 Å². The second kappa shape index (κ2) is 14.9. The molecule has 15 rings (SSSR count). The molecule has 358 valence electrons. The Bertz CT molecular complexity index is 4530. The fraction of sp³-hybridized carbons (Fsp3) is 0.176. The monoisotopic (exact) mass is 974 g/mol. The molecule has 4 nitrogen and oxygen atoms in total. The zero-order valence-corrected chi connectivity index (χ0v) is 44.2. The van der Waals surface area contributed by atoms with E-state index < -0.39 is 0 Å². The number of hydrogen-bond acceptors (Lipinski definition) is 4. The van der Waals surface area contributed by atoms with Crippen molar-refractivity contribution in [1.29, 1.82) is 0 Å². The second-order valence-corrected chi connectivity index (χ2v) is 25.1. The van der Waals surface area contributed by atoms with Gasteiger partial charge in [0.25, 0.3) is 0 Å². The van der Waals surface area contributed by atoms with Crippen LogP contribution in [0.1, 0.15) is 79.0 Å². The second-order valence-electron chi connectivity index (χ2n) is 24.1. The van der Waals surface area contributed by atoms with E-state index in [0.717, 1.165) is 66.7 Å². The van der Waals surface area contributed by atoms with Crippen LogP contribution in [0.25, 0.3) is 114 Å². The standard InChI is InChI=1S/C68H55BN2O2S/c1-66(2,3)40-24-28-43(29-25-40)71-52-37-56-46(44-30-26-42(68(7,8)9)33-54(44)72-56)34-48(52)59-60-45-22-16-17-23-57(45)74-65(60)61-47-32-41(67(4,5)6)27-31-51(47)70-53-35-49-55(36-50(53)69(71)62(59)63(61)70)73-64(39-20-14-11-15-21-39)58(49)38-18-12-10-13-19-38/h10-37H,1-9H3. The molecule has 6 heteroatoms. The molecule has 0 unspecified atom stereocenters. The van der Waals surface area contributed by atoms with E-state index in [1.165, 1.54) is 86.4 Å². The molecule has 4 aromatic heterocycles. The molecule has 0 radical (unpaired) electrons. The largest absolute Gasteiger partial charge is 0.456 e. The highest BCUT2D eigenvalue weighted by molar-refractivity contribution is 7.27. The number of aromatic nitrogens is 1. The molecule has 74 heavy (non-hydrogen) atoms. The van der Waals surface area contributed by atoms with Crippen molar-refractivity contribution in [2.24, 2.45) is 0 Å². The lowest BCUT2D eigenvalue weighted by Gasteiger charge is -2.42. The van der Waals surface area contributed by atoms with Gasteiger partial charge in [0.05, 0.1) is 11.0 Å². The highest BCUT2D eigenvalue weighted by Gasteiger charge is 2.47. The number of benzene rings is 9. The smallest absolute Gasteiger partial charge is 0.333 e. The Hall–Kier alpha value is -7.80. The average molecular weight is 975 g/mol. The predicted molar refractivity (Wildman–Crippen MR) is 317 cm³/mol. The van der Waals surface area contributed by atoms with Gasteiger partial charge in [0, 0.05) is 86.9 Å². The summed E-state index contributed by atoms with van der Waals surface area (Å²) in [5, 5.41) is 8.59. The summed E-state index contributed by atoms with van der Waals surface area (Å²) >= 11 is 1.94. The van der Waals surface area contributed by atoms with Gasteiger partial charge in [0.15, 0.2) is 0 Å². The minimum Gasteiger partial charge on any atom is -0.456 e. The molecular weight excluding hydrogens is 920 g/mol. The Kier molecular flexibility index (Phi) is 8.82. The molecule has 9 aromatic carbocycles. The van der Waals surface area contributed by atoms with Gasteiger partial charge in [-0.3, -0.25) is 0 Å². The molecule has 2 aliphatic rings. The number of thiophene rings is 1. The fourth-order valence-electron chi connectivity index (χ4n) is 12.7. The van der Waals surface area contributed by atoms with Crippen LogP contribution in [-0.4, -0.2) is 11.4 Å². The number of hydrogen-bond donors (Lipinski definition) is 0. The third-order valence-corrected chi connectivity index (χ3v) is 17.6. The van der Waals surface area contributed by atoms with E-state index in [2.05, 4.69) is 242 Å². The van der Waals surface area contributed by atoms with Crippen molar-refractivity contribution < 1.29 is 8.83 Å². The molecule has 0 saturated heterocycles. The molecule has 0 amide bonds. The zero-order chi connectivity index (χ0) is 50.3. The van der Waals surface area contributed by atoms with E-state index in [1.807, 2.05) is 11.3 Å². The molecule has 0 aliphatic carbocycles. The Morgan fingerprint density at radius 2 is 1.09 bits per heavy atom. The van der Waals surface area contributed by atoms with Crippen LogP contribution >= 0.6 is 11.3 Å². The molecule has 6 heterocycles. The van der Waals surface area contributed by atoms with Crippen molar-refractivity contribution in [1.82, 2.24) is 4.57 Å². The fourth-order valence-corrected chi connectivity index (χ4v) is 13.9. The molecule has 0 N–H and O–H groups in total. The first kappa shape index (κ1) is 43.8. The first-order valence-corrected chi connectivity index (χ1v) is 27.0. The number of fused-ring (bicyclic) bond motifs is 17. The van der Waals surface area contributed by atoms with Gasteiger partial charge in [-0.2, -0.15) is 0 Å². The average Bonchev–Trinajstić information content (AvgIpc) is 4.16. The van der Waals surface area contributed by atoms with Crippen molar-refractivity contribution in [2.75, 3.05) is 4.81 Å². The van der Waals surface area contributed by atoms with Crippen LogP contribution in [0, 0.1) is 0 Å². The molecule has 0 saturated carbocycles. The maximum absolute atomic E-state index is 7.29. The lowest BCUT2D eigenvalue weighted by Crippen LogP contribution is -2.60. The van der Waals surface area contributed by atoms with Gasteiger partial charge in [-0.1, -0.05) is 172 Å². The quantitative estimate of drug-likeness (QED) is 0.166. The Balaban J connectivity index is 1.16. The zero-order valence-electron chi connectivity index (χ0n) is 43.4. The van der Waals surface area contributed by atoms with Crippen LogP contribution in [0.2, 0.25) is 0 Å². The van der Waals surface area contributed by atoms with Gasteiger partial charge >= 0.3 is 6.85 Å². The number of anilines is 2. The summed E-state index contributed by atoms with van der Waals surface area (Å²) in [5.74, 6) is 0.877. The summed E-state index contributed by atoms with van der Waals surface area (Å²) < 4.78 is 19.6. The highest BCUT2D eigenvalue weighted by atomic mass is 32.1. The van der Waals surface area contributed by atoms with Crippen molar-refractivity contribution in [3.05, 3.63) is 187 Å². The van der Waals surface area contributed by atoms with E-state index in [-0.39, 0.29) is 23.1 Å². The Morgan fingerprint density at radius 3 is 1.82 bits per heavy atom. The molecule has 13 aromatic rings. The van der Waals surface area contributed by atoms with Crippen LogP contribution < -0.4 is 15.7 Å². The van der Waals surface area contributed by atoms with Gasteiger partial charge in [-0.05, 0) is 110 Å². The summed E-state index contributed by atoms with van der Waals surface area (Å²) in [6, 6.07) is 63.7. The summed E-state index contributed by atoms with van der Waals surface area (Å²) in [5.41, 5.74) is 20.7. The minimum atomic E-state index is -0.249. The third-order valence-electron chi connectivity index (χ3n) is 16.4. The molecule has 2 aliphatic heterocycles. The normalized spacial score (nSPS) is 13.7. The van der Waals surface area contributed by atoms with E-state index in [4.69, 9.17) is 8.83 Å². The summed E-state index contributed by atoms with van der Waals surface area (Å²) in [4.78, 5) is 2.64. The van der Waals surface area contributed by atoms with E-state index in [0.29, 0.717) is 0 Å². The lowest BCUT2D eigenvalue weighted by atomic mass is 9.43. The number of nitrogens with zero attached hydrogens (tertiary/aromatic N) is 2. The first-order valence-electron chi connectivity index (χ1n) is 26.2. The molecule has 0 spiro atoms. The van der Waals surface area contributed by atoms with E-state index >= 15 is 0 Å². The molecule has 0 atom stereocenters. The molecular formula is C68H55BN2O2S. The van der Waals surface area contributed by atoms with Crippen LogP contribution in [0.15, 0.2) is 179 Å². The van der Waals surface area contributed by atoms with E-state index in [1.54, 1.807) is 0 Å². The summed E-state index contributed by atoms with van der Waals surface area (Å²) in [6.07, 6.45) is 0. The topological polar surface area (TPSA) is 34.5 Å². The van der Waals surface area contributed by atoms with Crippen molar-refractivity contribution in [2.45, 2.75) is 78.6 Å². The summed E-state index contributed by atoms with van der Waals surface area (Å²) in [6.45, 7) is 20.5. The van der Waals surface area contributed by atoms with Crippen molar-refractivity contribution in [3.63, 3.8) is 0 Å². The van der Waals surface area contributed by atoms with Crippen LogP contribution in [0.5, 0.6) is 0 Å². The van der Waals surface area contributed by atoms with Crippen LogP contribution in [0.4, 0.5) is 11.4 Å². The number of furan rings is 2. The predicted octanol–water partition coefficient (Wildman–Crippen LogP) is 18.3. The van der Waals surface area contributed by atoms with E-state index in [9.17, 15) is 0 Å². The summed E-state index contributed by atoms with van der Waals surface area (Å²) in [7, 11) is 0. The third kappa shape index (κ3) is 6.09. The molecule has 0 bridgehead atoms. The van der Waals surface area contributed by atoms with Gasteiger partial charge in [0.1, 0.15) is 22.5 Å². The maximum Gasteiger partial charge on any atom is 0.333 e. The maximum atomic E-state index is 7.29. The van der Waals surface area contributed by atoms with Gasteiger partial charge in [0.2, 0.25) is 0 Å². The van der Waals surface area contributed by atoms with Gasteiger partial charge in [-0.15, -0.1) is 11.3 Å². The first-order chi connectivity index (χ1) is 35.6. The van der Waals surface area contributed by atoms with Gasteiger partial charge in [-0.25, -0.2) is 0 Å². The minimum absolute atomic E-state index is 0.0167. The van der Waals surface area contributed by atoms with Crippen molar-refractivity contribution in [3.8, 4) is 39.3 Å². The Morgan fingerprint density at radius 1 is 0.459 bits per heavy atom. The lowest BCUT2D eigenvalue weighted by molar-refractivity contribution is 0.587. The Labute approximate surface area is 435 Å².